The zero-order chi connectivity index (χ0) is 27.9. The standard InChI is InChI=1S/C29H28BrF3N2O3S/c1-18-16-24-12-13-25(17-18)35(24)28(36)27(29(32,33)21-6-8-22(30)9-7-21)34-39(37,38)26-14-4-20(5-15-26)19-2-10-23(31)11-3-19/h2-11,14-15,18,24-25,27,34H,12-13,16-17H2,1H3. The molecule has 0 aromatic heterocycles. The van der Waals surface area contributed by atoms with Crippen molar-refractivity contribution < 1.29 is 26.4 Å². The first-order valence-corrected chi connectivity index (χ1v) is 15.1. The largest absolute Gasteiger partial charge is 0.335 e. The van der Waals surface area contributed by atoms with E-state index in [1.54, 1.807) is 12.1 Å². The summed E-state index contributed by atoms with van der Waals surface area (Å²) in [5, 5.41) is 0. The fraction of sp³-hybridized carbons (Fsp3) is 0.345. The summed E-state index contributed by atoms with van der Waals surface area (Å²) in [6, 6.07) is 13.8. The molecule has 0 radical (unpaired) electrons. The van der Waals surface area contributed by atoms with E-state index < -0.39 is 39.3 Å². The number of halogens is 4. The van der Waals surface area contributed by atoms with Gasteiger partial charge in [-0.05, 0) is 79.1 Å². The van der Waals surface area contributed by atoms with Crippen molar-refractivity contribution in [1.82, 2.24) is 9.62 Å². The molecule has 206 valence electrons. The van der Waals surface area contributed by atoms with E-state index in [0.29, 0.717) is 34.4 Å². The number of sulfonamides is 1. The van der Waals surface area contributed by atoms with Gasteiger partial charge in [-0.15, -0.1) is 0 Å². The Balaban J connectivity index is 1.48. The molecule has 2 bridgehead atoms. The van der Waals surface area contributed by atoms with Crippen LogP contribution in [-0.4, -0.2) is 37.4 Å². The average Bonchev–Trinajstić information content (AvgIpc) is 3.18. The number of piperidine rings is 1. The van der Waals surface area contributed by atoms with Crippen molar-refractivity contribution >= 4 is 31.9 Å². The number of hydrogen-bond acceptors (Lipinski definition) is 3. The van der Waals surface area contributed by atoms with E-state index in [-0.39, 0.29) is 17.0 Å². The highest BCUT2D eigenvalue weighted by Crippen LogP contribution is 2.42. The Kier molecular flexibility index (Phi) is 7.65. The first-order chi connectivity index (χ1) is 18.5. The van der Waals surface area contributed by atoms with E-state index >= 15 is 8.78 Å². The number of amides is 1. The SMILES string of the molecule is CC1CC2CCC(C1)N2C(=O)C(NS(=O)(=O)c1ccc(-c2ccc(F)cc2)cc1)C(F)(F)c1ccc(Br)cc1. The maximum absolute atomic E-state index is 16.1. The molecular weight excluding hydrogens is 593 g/mol. The lowest BCUT2D eigenvalue weighted by molar-refractivity contribution is -0.149. The number of fused-ring (bicyclic) bond motifs is 2. The number of alkyl halides is 2. The van der Waals surface area contributed by atoms with Gasteiger partial charge in [0.25, 0.3) is 5.92 Å². The third-order valence-electron chi connectivity index (χ3n) is 7.68. The van der Waals surface area contributed by atoms with Crippen LogP contribution in [0.5, 0.6) is 0 Å². The number of benzene rings is 3. The molecule has 0 saturated carbocycles. The smallest absolute Gasteiger partial charge is 0.298 e. The third-order valence-corrected chi connectivity index (χ3v) is 9.64. The zero-order valence-electron chi connectivity index (χ0n) is 21.2. The Morgan fingerprint density at radius 2 is 1.44 bits per heavy atom. The molecule has 3 unspecified atom stereocenters. The third kappa shape index (κ3) is 5.64. The van der Waals surface area contributed by atoms with Crippen molar-refractivity contribution in [3.63, 3.8) is 0 Å². The first kappa shape index (κ1) is 27.9. The molecule has 5 rings (SSSR count). The minimum Gasteiger partial charge on any atom is -0.335 e. The van der Waals surface area contributed by atoms with E-state index in [1.807, 2.05) is 0 Å². The predicted molar refractivity (Wildman–Crippen MR) is 146 cm³/mol. The van der Waals surface area contributed by atoms with Crippen LogP contribution < -0.4 is 4.72 Å². The van der Waals surface area contributed by atoms with Crippen LogP contribution in [-0.2, 0) is 20.7 Å². The van der Waals surface area contributed by atoms with E-state index in [4.69, 9.17) is 0 Å². The molecule has 2 aliphatic rings. The van der Waals surface area contributed by atoms with E-state index in [2.05, 4.69) is 27.6 Å². The van der Waals surface area contributed by atoms with Crippen molar-refractivity contribution in [2.45, 2.75) is 61.6 Å². The lowest BCUT2D eigenvalue weighted by Gasteiger charge is -2.41. The second kappa shape index (κ2) is 10.7. The topological polar surface area (TPSA) is 66.5 Å². The summed E-state index contributed by atoms with van der Waals surface area (Å²) < 4.78 is 74.9. The average molecular weight is 622 g/mol. The quantitative estimate of drug-likeness (QED) is 0.329. The van der Waals surface area contributed by atoms with E-state index in [9.17, 15) is 17.6 Å². The molecule has 3 atom stereocenters. The van der Waals surface area contributed by atoms with Gasteiger partial charge >= 0.3 is 0 Å². The van der Waals surface area contributed by atoms with Crippen LogP contribution >= 0.6 is 15.9 Å². The minimum absolute atomic E-state index is 0.186. The lowest BCUT2D eigenvalue weighted by Crippen LogP contribution is -2.59. The number of carbonyl (C=O) groups excluding carboxylic acids is 1. The highest BCUT2D eigenvalue weighted by Gasteiger charge is 2.53. The molecule has 0 spiro atoms. The summed E-state index contributed by atoms with van der Waals surface area (Å²) in [5.41, 5.74) is 0.829. The van der Waals surface area contributed by atoms with Gasteiger partial charge in [0.2, 0.25) is 15.9 Å². The lowest BCUT2D eigenvalue weighted by atomic mass is 9.91. The summed E-state index contributed by atoms with van der Waals surface area (Å²) in [5.74, 6) is -4.76. The van der Waals surface area contributed by atoms with Gasteiger partial charge in [0.1, 0.15) is 5.82 Å². The van der Waals surface area contributed by atoms with Crippen molar-refractivity contribution in [3.8, 4) is 11.1 Å². The molecule has 3 aromatic carbocycles. The van der Waals surface area contributed by atoms with Crippen LogP contribution in [0, 0.1) is 11.7 Å². The molecule has 10 heteroatoms. The molecule has 1 N–H and O–H groups in total. The molecule has 3 aromatic rings. The van der Waals surface area contributed by atoms with Gasteiger partial charge in [-0.25, -0.2) is 12.8 Å². The Hall–Kier alpha value is -2.69. The Bertz CT molecular complexity index is 1430. The summed E-state index contributed by atoms with van der Waals surface area (Å²) in [7, 11) is -4.52. The first-order valence-electron chi connectivity index (χ1n) is 12.8. The fourth-order valence-corrected chi connectivity index (χ4v) is 7.22. The summed E-state index contributed by atoms with van der Waals surface area (Å²) in [6.45, 7) is 2.08. The maximum Gasteiger partial charge on any atom is 0.298 e. The highest BCUT2D eigenvalue weighted by atomic mass is 79.9. The predicted octanol–water partition coefficient (Wildman–Crippen LogP) is 6.48. The number of carbonyl (C=O) groups is 1. The van der Waals surface area contributed by atoms with Crippen LogP contribution in [0.4, 0.5) is 13.2 Å². The highest BCUT2D eigenvalue weighted by molar-refractivity contribution is 9.10. The zero-order valence-corrected chi connectivity index (χ0v) is 23.6. The van der Waals surface area contributed by atoms with Gasteiger partial charge in [0, 0.05) is 22.1 Å². The Labute approximate surface area is 234 Å². The maximum atomic E-state index is 16.1. The van der Waals surface area contributed by atoms with Gasteiger partial charge < -0.3 is 4.90 Å². The fourth-order valence-electron chi connectivity index (χ4n) is 5.77. The van der Waals surface area contributed by atoms with Crippen molar-refractivity contribution in [1.29, 1.82) is 0 Å². The van der Waals surface area contributed by atoms with E-state index in [0.717, 1.165) is 12.8 Å². The second-order valence-corrected chi connectivity index (χ2v) is 13.1. The Morgan fingerprint density at radius 1 is 0.923 bits per heavy atom. The molecule has 5 nitrogen and oxygen atoms in total. The number of nitrogens with zero attached hydrogens (tertiary/aromatic N) is 1. The number of hydrogen-bond donors (Lipinski definition) is 1. The molecule has 2 saturated heterocycles. The summed E-state index contributed by atoms with van der Waals surface area (Å²) >= 11 is 3.23. The normalized spacial score (nSPS) is 22.1. The molecular formula is C29H28BrF3N2O3S. The molecule has 2 aliphatic heterocycles. The molecule has 2 fully saturated rings. The molecule has 0 aliphatic carbocycles. The monoisotopic (exact) mass is 620 g/mol. The minimum atomic E-state index is -4.52. The van der Waals surface area contributed by atoms with Gasteiger partial charge in [-0.1, -0.05) is 59.3 Å². The van der Waals surface area contributed by atoms with Crippen molar-refractivity contribution in [3.05, 3.63) is 88.6 Å². The van der Waals surface area contributed by atoms with Crippen molar-refractivity contribution in [2.75, 3.05) is 0 Å². The molecule has 2 heterocycles. The van der Waals surface area contributed by atoms with Crippen LogP contribution in [0.25, 0.3) is 11.1 Å². The number of rotatable bonds is 7. The van der Waals surface area contributed by atoms with Crippen LogP contribution in [0.1, 0.15) is 38.2 Å². The second-order valence-electron chi connectivity index (χ2n) is 10.4. The van der Waals surface area contributed by atoms with Gasteiger partial charge in [-0.3, -0.25) is 4.79 Å². The summed E-state index contributed by atoms with van der Waals surface area (Å²) in [6.07, 6.45) is 2.84. The van der Waals surface area contributed by atoms with E-state index in [1.165, 1.54) is 65.6 Å². The van der Waals surface area contributed by atoms with Crippen LogP contribution in [0.15, 0.2) is 82.2 Å². The van der Waals surface area contributed by atoms with Gasteiger partial charge in [0.05, 0.1) is 4.90 Å². The Morgan fingerprint density at radius 3 is 1.97 bits per heavy atom. The van der Waals surface area contributed by atoms with Gasteiger partial charge in [0.15, 0.2) is 6.04 Å². The van der Waals surface area contributed by atoms with Crippen molar-refractivity contribution in [2.24, 2.45) is 5.92 Å². The van der Waals surface area contributed by atoms with Crippen LogP contribution in [0.2, 0.25) is 0 Å². The number of nitrogens with one attached hydrogen (secondary N) is 1. The van der Waals surface area contributed by atoms with Crippen LogP contribution in [0.3, 0.4) is 0 Å². The molecule has 1 amide bonds. The molecule has 39 heavy (non-hydrogen) atoms. The summed E-state index contributed by atoms with van der Waals surface area (Å²) in [4.78, 5) is 15.0. The van der Waals surface area contributed by atoms with Gasteiger partial charge in [-0.2, -0.15) is 13.5 Å².